The van der Waals surface area contributed by atoms with Gasteiger partial charge in [-0.25, -0.2) is 9.36 Å². The Hall–Kier alpha value is -1.78. The second kappa shape index (κ2) is 46.7. The Morgan fingerprint density at radius 2 is 0.825 bits per heavy atom. The summed E-state index contributed by atoms with van der Waals surface area (Å²) >= 11 is 0. The number of phosphoric ester groups is 1. The van der Waals surface area contributed by atoms with Gasteiger partial charge in [0.2, 0.25) is 5.91 Å². The fraction of sp³-hybridized carbons (Fsp3) is 0.902. The molecule has 0 saturated carbocycles. The third-order valence-electron chi connectivity index (χ3n) is 11.8. The molecule has 0 fully saturated rings. The van der Waals surface area contributed by atoms with Gasteiger partial charge in [-0.05, 0) is 38.5 Å². The number of aliphatic hydroxyl groups is 1. The van der Waals surface area contributed by atoms with Gasteiger partial charge in [0.05, 0.1) is 13.2 Å². The molecular formula is C51H98NO10P. The number of phosphoric acid groups is 1. The third-order valence-corrected chi connectivity index (χ3v) is 12.8. The molecule has 0 aliphatic heterocycles. The van der Waals surface area contributed by atoms with Crippen molar-refractivity contribution >= 4 is 25.7 Å². The molecule has 0 aliphatic carbocycles. The highest BCUT2D eigenvalue weighted by atomic mass is 31.2. The zero-order valence-corrected chi connectivity index (χ0v) is 41.5. The zero-order valence-electron chi connectivity index (χ0n) is 40.7. The SMILES string of the molecule is CCCCCCCC/C=C/CCCCCCCCCCCC(=O)OCC(O)COP(=O)(O)OCC(NC(=O)CCCCCCCCCCCCCCCCCCCCCC)C(=O)O. The van der Waals surface area contributed by atoms with Crippen molar-refractivity contribution in [1.82, 2.24) is 5.32 Å². The van der Waals surface area contributed by atoms with Gasteiger partial charge < -0.3 is 25.2 Å². The summed E-state index contributed by atoms with van der Waals surface area (Å²) in [5, 5.41) is 21.9. The van der Waals surface area contributed by atoms with Crippen LogP contribution in [0, 0.1) is 0 Å². The molecule has 0 aromatic rings. The van der Waals surface area contributed by atoms with Crippen LogP contribution in [0.3, 0.4) is 0 Å². The van der Waals surface area contributed by atoms with Gasteiger partial charge in [0, 0.05) is 12.8 Å². The lowest BCUT2D eigenvalue weighted by Gasteiger charge is -2.18. The Kier molecular flexibility index (Phi) is 45.4. The number of aliphatic hydroxyl groups excluding tert-OH is 1. The molecular weight excluding hydrogens is 818 g/mol. The fourth-order valence-electron chi connectivity index (χ4n) is 7.72. The topological polar surface area (TPSA) is 169 Å². The van der Waals surface area contributed by atoms with Gasteiger partial charge in [0.25, 0.3) is 0 Å². The van der Waals surface area contributed by atoms with Crippen molar-refractivity contribution in [3.05, 3.63) is 12.2 Å². The second-order valence-electron chi connectivity index (χ2n) is 18.1. The van der Waals surface area contributed by atoms with Gasteiger partial charge in [-0.2, -0.15) is 0 Å². The molecule has 0 heterocycles. The van der Waals surface area contributed by atoms with Crippen LogP contribution in [0.5, 0.6) is 0 Å². The minimum Gasteiger partial charge on any atom is -0.480 e. The van der Waals surface area contributed by atoms with Crippen molar-refractivity contribution in [3.8, 4) is 0 Å². The van der Waals surface area contributed by atoms with Crippen LogP contribution in [0.15, 0.2) is 12.2 Å². The average Bonchev–Trinajstić information content (AvgIpc) is 3.26. The molecule has 63 heavy (non-hydrogen) atoms. The number of carbonyl (C=O) groups is 3. The maximum Gasteiger partial charge on any atom is 0.472 e. The lowest BCUT2D eigenvalue weighted by atomic mass is 10.0. The number of carboxylic acids is 1. The third kappa shape index (κ3) is 46.5. The molecule has 0 saturated heterocycles. The number of nitrogens with one attached hydrogen (secondary N) is 1. The maximum atomic E-state index is 12.4. The van der Waals surface area contributed by atoms with E-state index in [1.165, 1.54) is 186 Å². The molecule has 0 aromatic carbocycles. The van der Waals surface area contributed by atoms with Crippen LogP contribution in [-0.2, 0) is 32.7 Å². The zero-order chi connectivity index (χ0) is 46.3. The number of allylic oxidation sites excluding steroid dienone is 2. The lowest BCUT2D eigenvalue weighted by Crippen LogP contribution is -2.43. The number of hydrogen-bond donors (Lipinski definition) is 4. The van der Waals surface area contributed by atoms with E-state index in [-0.39, 0.29) is 12.8 Å². The first-order valence-electron chi connectivity index (χ1n) is 26.2. The Morgan fingerprint density at radius 1 is 0.492 bits per heavy atom. The van der Waals surface area contributed by atoms with Gasteiger partial charge in [-0.15, -0.1) is 0 Å². The number of carbonyl (C=O) groups excluding carboxylic acids is 2. The van der Waals surface area contributed by atoms with Gasteiger partial charge >= 0.3 is 19.8 Å². The van der Waals surface area contributed by atoms with E-state index < -0.39 is 57.6 Å². The summed E-state index contributed by atoms with van der Waals surface area (Å²) in [4.78, 5) is 46.1. The monoisotopic (exact) mass is 916 g/mol. The van der Waals surface area contributed by atoms with Crippen molar-refractivity contribution in [1.29, 1.82) is 0 Å². The standard InChI is InChI=1S/C51H98NO10P/c1-3-5-7-9-11-13-15-17-19-21-23-25-26-28-30-32-34-36-38-40-42-49(54)52-48(51(56)57)46-62-63(58,59)61-45-47(53)44-60-50(55)43-41-39-37-35-33-31-29-27-24-22-20-18-16-14-12-10-8-6-4-2/h18,20,47-48,53H,3-17,19,21-46H2,1-2H3,(H,52,54)(H,56,57)(H,58,59)/b20-18+. The number of esters is 1. The van der Waals surface area contributed by atoms with Crippen molar-refractivity contribution in [2.75, 3.05) is 19.8 Å². The number of rotatable bonds is 50. The highest BCUT2D eigenvalue weighted by molar-refractivity contribution is 7.47. The number of ether oxygens (including phenoxy) is 1. The Bertz CT molecular complexity index is 1120. The average molecular weight is 916 g/mol. The van der Waals surface area contributed by atoms with Crippen molar-refractivity contribution < 1.29 is 47.8 Å². The highest BCUT2D eigenvalue weighted by Crippen LogP contribution is 2.43. The summed E-state index contributed by atoms with van der Waals surface area (Å²) in [5.74, 6) is -2.35. The van der Waals surface area contributed by atoms with Crippen LogP contribution in [0.2, 0.25) is 0 Å². The number of aliphatic carboxylic acids is 1. The first-order valence-corrected chi connectivity index (χ1v) is 27.7. The van der Waals surface area contributed by atoms with Gasteiger partial charge in [0.15, 0.2) is 6.04 Å². The molecule has 0 bridgehead atoms. The van der Waals surface area contributed by atoms with Crippen LogP contribution in [0.25, 0.3) is 0 Å². The van der Waals surface area contributed by atoms with E-state index in [2.05, 4.69) is 31.3 Å². The van der Waals surface area contributed by atoms with E-state index in [1.807, 2.05) is 0 Å². The number of carboxylic acid groups (broad SMARTS) is 1. The predicted octanol–water partition coefficient (Wildman–Crippen LogP) is 14.4. The molecule has 11 nitrogen and oxygen atoms in total. The van der Waals surface area contributed by atoms with E-state index in [4.69, 9.17) is 13.8 Å². The molecule has 3 unspecified atom stereocenters. The molecule has 0 rings (SSSR count). The summed E-state index contributed by atoms with van der Waals surface area (Å²) in [7, 11) is -4.76. The Balaban J connectivity index is 3.79. The summed E-state index contributed by atoms with van der Waals surface area (Å²) < 4.78 is 27.0. The fourth-order valence-corrected chi connectivity index (χ4v) is 8.50. The summed E-state index contributed by atoms with van der Waals surface area (Å²) in [6.07, 6.45) is 49.5. The van der Waals surface area contributed by atoms with Crippen LogP contribution in [0.4, 0.5) is 0 Å². The van der Waals surface area contributed by atoms with Crippen LogP contribution in [0.1, 0.15) is 264 Å². The van der Waals surface area contributed by atoms with Crippen LogP contribution >= 0.6 is 7.82 Å². The van der Waals surface area contributed by atoms with E-state index in [1.54, 1.807) is 0 Å². The number of hydrogen-bond acceptors (Lipinski definition) is 8. The highest BCUT2D eigenvalue weighted by Gasteiger charge is 2.28. The Morgan fingerprint density at radius 3 is 1.21 bits per heavy atom. The lowest BCUT2D eigenvalue weighted by molar-refractivity contribution is -0.147. The number of amides is 1. The van der Waals surface area contributed by atoms with E-state index in [0.29, 0.717) is 12.8 Å². The van der Waals surface area contributed by atoms with Crippen molar-refractivity contribution in [2.45, 2.75) is 276 Å². The minimum absolute atomic E-state index is 0.152. The first-order chi connectivity index (χ1) is 30.6. The van der Waals surface area contributed by atoms with Crippen molar-refractivity contribution in [2.24, 2.45) is 0 Å². The maximum absolute atomic E-state index is 12.4. The normalized spacial score (nSPS) is 13.6. The molecule has 3 atom stereocenters. The number of unbranched alkanes of at least 4 members (excludes halogenated alkanes) is 34. The van der Waals surface area contributed by atoms with E-state index >= 15 is 0 Å². The molecule has 4 N–H and O–H groups in total. The molecule has 0 spiro atoms. The van der Waals surface area contributed by atoms with E-state index in [0.717, 1.165) is 38.5 Å². The Labute approximate surface area is 386 Å². The molecule has 12 heteroatoms. The summed E-state index contributed by atoms with van der Waals surface area (Å²) in [5.41, 5.74) is 0. The van der Waals surface area contributed by atoms with Gasteiger partial charge in [-0.3, -0.25) is 18.6 Å². The summed E-state index contributed by atoms with van der Waals surface area (Å²) in [6.45, 7) is 2.64. The van der Waals surface area contributed by atoms with Gasteiger partial charge in [-0.1, -0.05) is 225 Å². The van der Waals surface area contributed by atoms with Crippen LogP contribution < -0.4 is 5.32 Å². The molecule has 0 aromatic heterocycles. The van der Waals surface area contributed by atoms with Gasteiger partial charge in [0.1, 0.15) is 12.7 Å². The molecule has 0 radical (unpaired) electrons. The van der Waals surface area contributed by atoms with Crippen LogP contribution in [-0.4, -0.2) is 64.9 Å². The summed E-state index contributed by atoms with van der Waals surface area (Å²) in [6, 6.07) is -1.54. The molecule has 1 amide bonds. The first kappa shape index (κ1) is 61.2. The molecule has 372 valence electrons. The largest absolute Gasteiger partial charge is 0.480 e. The second-order valence-corrected chi connectivity index (χ2v) is 19.5. The quantitative estimate of drug-likeness (QED) is 0.0199. The van der Waals surface area contributed by atoms with Crippen molar-refractivity contribution in [3.63, 3.8) is 0 Å². The smallest absolute Gasteiger partial charge is 0.472 e. The molecule has 0 aliphatic rings. The minimum atomic E-state index is -4.76. The van der Waals surface area contributed by atoms with E-state index in [9.17, 15) is 34.1 Å². The predicted molar refractivity (Wildman–Crippen MR) is 259 cm³/mol.